The molecule has 0 bridgehead atoms. The van der Waals surface area contributed by atoms with E-state index in [1.165, 1.54) is 16.3 Å². The van der Waals surface area contributed by atoms with Crippen molar-refractivity contribution in [1.82, 2.24) is 4.57 Å². The summed E-state index contributed by atoms with van der Waals surface area (Å²) in [5, 5.41) is 6.01. The van der Waals surface area contributed by atoms with Gasteiger partial charge in [-0.3, -0.25) is 4.99 Å². The predicted octanol–water partition coefficient (Wildman–Crippen LogP) is 9.18. The highest BCUT2D eigenvalue weighted by molar-refractivity contribution is 6.12. The first-order chi connectivity index (χ1) is 18.1. The molecule has 182 valence electrons. The van der Waals surface area contributed by atoms with E-state index in [2.05, 4.69) is 120 Å². The Labute approximate surface area is 218 Å². The zero-order valence-corrected chi connectivity index (χ0v) is 21.4. The lowest BCUT2D eigenvalue weighted by Gasteiger charge is -2.18. The Morgan fingerprint density at radius 3 is 2.43 bits per heavy atom. The average Bonchev–Trinajstić information content (AvgIpc) is 3.23. The second-order valence-corrected chi connectivity index (χ2v) is 9.17. The van der Waals surface area contributed by atoms with Crippen LogP contribution in [0.5, 0.6) is 0 Å². The molecule has 0 aliphatic carbocycles. The number of anilines is 2. The van der Waals surface area contributed by atoms with Gasteiger partial charge in [0, 0.05) is 27.7 Å². The molecule has 0 aliphatic heterocycles. The lowest BCUT2D eigenvalue weighted by atomic mass is 9.90. The van der Waals surface area contributed by atoms with E-state index in [4.69, 9.17) is 0 Å². The number of nitrogens with one attached hydrogen (secondary N) is 1. The molecular weight excluding hydrogens is 450 g/mol. The van der Waals surface area contributed by atoms with E-state index < -0.39 is 0 Å². The standard InChI is InChI=1S/C34H31N3/c1-5-6-14-28(25(3)29-19-17-24(2)21-32(29)36-27-12-8-7-9-13-27)26-18-20-34-31(22-26)30-15-10-11-16-33(30)37(34)23-35-4/h5-22,36H,3-4,23H2,1-2H3/b6-5-,28-14+. The van der Waals surface area contributed by atoms with Gasteiger partial charge in [0.15, 0.2) is 0 Å². The summed E-state index contributed by atoms with van der Waals surface area (Å²) in [6.07, 6.45) is 6.28. The maximum absolute atomic E-state index is 4.59. The molecule has 1 aromatic heterocycles. The van der Waals surface area contributed by atoms with E-state index in [0.29, 0.717) is 6.67 Å². The quantitative estimate of drug-likeness (QED) is 0.174. The van der Waals surface area contributed by atoms with Crippen molar-refractivity contribution in [2.75, 3.05) is 5.32 Å². The molecule has 0 radical (unpaired) electrons. The number of para-hydroxylation sites is 2. The maximum atomic E-state index is 4.59. The van der Waals surface area contributed by atoms with Gasteiger partial charge in [0.05, 0.1) is 11.0 Å². The van der Waals surface area contributed by atoms with Gasteiger partial charge in [-0.1, -0.05) is 79.4 Å². The highest BCUT2D eigenvalue weighted by atomic mass is 15.1. The minimum absolute atomic E-state index is 0.523. The van der Waals surface area contributed by atoms with Crippen LogP contribution in [0.25, 0.3) is 33.0 Å². The Morgan fingerprint density at radius 2 is 1.65 bits per heavy atom. The van der Waals surface area contributed by atoms with Gasteiger partial charge in [-0.2, -0.15) is 0 Å². The van der Waals surface area contributed by atoms with Gasteiger partial charge in [-0.05, 0) is 79.2 Å². The summed E-state index contributed by atoms with van der Waals surface area (Å²) in [6.45, 7) is 13.0. The number of aryl methyl sites for hydroxylation is 1. The van der Waals surface area contributed by atoms with E-state index in [-0.39, 0.29) is 0 Å². The molecule has 1 N–H and O–H groups in total. The van der Waals surface area contributed by atoms with Crippen LogP contribution in [0.2, 0.25) is 0 Å². The average molecular weight is 482 g/mol. The third kappa shape index (κ3) is 4.76. The van der Waals surface area contributed by atoms with Crippen molar-refractivity contribution >= 4 is 51.0 Å². The van der Waals surface area contributed by atoms with E-state index in [9.17, 15) is 0 Å². The molecule has 0 saturated carbocycles. The molecule has 37 heavy (non-hydrogen) atoms. The highest BCUT2D eigenvalue weighted by Gasteiger charge is 2.16. The van der Waals surface area contributed by atoms with Gasteiger partial charge >= 0.3 is 0 Å². The van der Waals surface area contributed by atoms with Crippen molar-refractivity contribution in [1.29, 1.82) is 0 Å². The maximum Gasteiger partial charge on any atom is 0.114 e. The van der Waals surface area contributed by atoms with Gasteiger partial charge in [0.1, 0.15) is 6.67 Å². The zero-order valence-electron chi connectivity index (χ0n) is 21.4. The molecule has 0 saturated heterocycles. The SMILES string of the molecule is C=NCn1c2ccccc2c2cc(/C(=C/C=C\C)C(=C)c3ccc(C)cc3Nc3ccccc3)ccc21. The molecule has 0 atom stereocenters. The predicted molar refractivity (Wildman–Crippen MR) is 162 cm³/mol. The smallest absolute Gasteiger partial charge is 0.114 e. The number of allylic oxidation sites excluding steroid dienone is 5. The molecule has 1 heterocycles. The Bertz CT molecular complexity index is 1670. The Hall–Kier alpha value is -4.63. The number of rotatable bonds is 8. The van der Waals surface area contributed by atoms with Crippen LogP contribution in [0, 0.1) is 6.92 Å². The van der Waals surface area contributed by atoms with E-state index in [0.717, 1.165) is 44.7 Å². The highest BCUT2D eigenvalue weighted by Crippen LogP contribution is 2.38. The summed E-state index contributed by atoms with van der Waals surface area (Å²) in [5.74, 6) is 0. The monoisotopic (exact) mass is 481 g/mol. The summed E-state index contributed by atoms with van der Waals surface area (Å²) >= 11 is 0. The fourth-order valence-corrected chi connectivity index (χ4v) is 4.88. The van der Waals surface area contributed by atoms with Crippen LogP contribution in [0.4, 0.5) is 11.4 Å². The van der Waals surface area contributed by atoms with Crippen LogP contribution in [-0.4, -0.2) is 11.3 Å². The van der Waals surface area contributed by atoms with Crippen molar-refractivity contribution in [3.05, 3.63) is 132 Å². The summed E-state index contributed by atoms with van der Waals surface area (Å²) < 4.78 is 2.22. The van der Waals surface area contributed by atoms with Crippen molar-refractivity contribution in [2.24, 2.45) is 4.99 Å². The molecule has 4 aromatic carbocycles. The largest absolute Gasteiger partial charge is 0.355 e. The normalized spacial score (nSPS) is 11.9. The molecule has 0 fully saturated rings. The van der Waals surface area contributed by atoms with E-state index in [1.807, 2.05) is 31.2 Å². The zero-order chi connectivity index (χ0) is 25.8. The van der Waals surface area contributed by atoms with Crippen LogP contribution in [-0.2, 0) is 6.67 Å². The lowest BCUT2D eigenvalue weighted by molar-refractivity contribution is 0.798. The van der Waals surface area contributed by atoms with Gasteiger partial charge in [-0.25, -0.2) is 0 Å². The van der Waals surface area contributed by atoms with Crippen LogP contribution < -0.4 is 5.32 Å². The third-order valence-electron chi connectivity index (χ3n) is 6.66. The molecule has 0 spiro atoms. The van der Waals surface area contributed by atoms with Gasteiger partial charge in [0.25, 0.3) is 0 Å². The second-order valence-electron chi connectivity index (χ2n) is 9.17. The van der Waals surface area contributed by atoms with Crippen LogP contribution in [0.15, 0.2) is 121 Å². The topological polar surface area (TPSA) is 29.3 Å². The van der Waals surface area contributed by atoms with Gasteiger partial charge in [0.2, 0.25) is 0 Å². The molecular formula is C34H31N3. The van der Waals surface area contributed by atoms with Crippen LogP contribution >= 0.6 is 0 Å². The molecule has 5 aromatic rings. The van der Waals surface area contributed by atoms with Crippen LogP contribution in [0.1, 0.15) is 23.6 Å². The molecule has 0 aliphatic rings. The summed E-state index contributed by atoms with van der Waals surface area (Å²) in [5.41, 5.74) is 9.83. The number of aliphatic imine (C=N–C) groups is 1. The third-order valence-corrected chi connectivity index (χ3v) is 6.66. The molecule has 3 heteroatoms. The Kier molecular flexibility index (Phi) is 6.87. The minimum atomic E-state index is 0.523. The van der Waals surface area contributed by atoms with E-state index in [1.54, 1.807) is 0 Å². The Balaban J connectivity index is 1.64. The fourth-order valence-electron chi connectivity index (χ4n) is 4.88. The van der Waals surface area contributed by atoms with Gasteiger partial charge in [-0.15, -0.1) is 0 Å². The fraction of sp³-hybridized carbons (Fsp3) is 0.0882. The number of aromatic nitrogens is 1. The van der Waals surface area contributed by atoms with Crippen molar-refractivity contribution in [2.45, 2.75) is 20.5 Å². The first-order valence-electron chi connectivity index (χ1n) is 12.5. The number of hydrogen-bond donors (Lipinski definition) is 1. The number of benzene rings is 4. The Morgan fingerprint density at radius 1 is 0.892 bits per heavy atom. The van der Waals surface area contributed by atoms with Gasteiger partial charge < -0.3 is 9.88 Å². The summed E-state index contributed by atoms with van der Waals surface area (Å²) in [7, 11) is 0. The number of fused-ring (bicyclic) bond motifs is 3. The van der Waals surface area contributed by atoms with Crippen LogP contribution in [0.3, 0.4) is 0 Å². The molecule has 0 unspecified atom stereocenters. The lowest BCUT2D eigenvalue weighted by Crippen LogP contribution is -1.98. The first kappa shape index (κ1) is 24.1. The minimum Gasteiger partial charge on any atom is -0.355 e. The molecule has 0 amide bonds. The van der Waals surface area contributed by atoms with E-state index >= 15 is 0 Å². The second kappa shape index (κ2) is 10.5. The van der Waals surface area contributed by atoms with Crippen molar-refractivity contribution in [3.8, 4) is 0 Å². The van der Waals surface area contributed by atoms with Crippen molar-refractivity contribution in [3.63, 3.8) is 0 Å². The summed E-state index contributed by atoms with van der Waals surface area (Å²) in [6, 6.07) is 31.9. The molecule has 3 nitrogen and oxygen atoms in total. The molecule has 5 rings (SSSR count). The number of nitrogens with zero attached hydrogens (tertiary/aromatic N) is 2. The first-order valence-corrected chi connectivity index (χ1v) is 12.5. The van der Waals surface area contributed by atoms with Crippen molar-refractivity contribution < 1.29 is 0 Å². The summed E-state index contributed by atoms with van der Waals surface area (Å²) in [4.78, 5) is 4.17. The number of hydrogen-bond acceptors (Lipinski definition) is 2.